The molecule has 0 aromatic carbocycles. The average Bonchev–Trinajstić information content (AvgIpc) is 2.37. The van der Waals surface area contributed by atoms with Crippen LogP contribution in [0, 0.1) is 6.92 Å². The Balaban J connectivity index is 2.38. The molecule has 0 unspecified atom stereocenters. The van der Waals surface area contributed by atoms with Gasteiger partial charge in [-0.15, -0.1) is 17.9 Å². The molecule has 11 heavy (non-hydrogen) atoms. The van der Waals surface area contributed by atoms with Crippen molar-refractivity contribution in [3.8, 4) is 0 Å². The minimum atomic E-state index is 0.886. The van der Waals surface area contributed by atoms with E-state index in [0.29, 0.717) is 0 Å². The summed E-state index contributed by atoms with van der Waals surface area (Å²) in [5.74, 6) is 0. The van der Waals surface area contributed by atoms with Gasteiger partial charge in [0.25, 0.3) is 0 Å². The van der Waals surface area contributed by atoms with E-state index in [2.05, 4.69) is 30.3 Å². The number of nitrogens with one attached hydrogen (secondary N) is 1. The van der Waals surface area contributed by atoms with Crippen LogP contribution in [-0.4, -0.2) is 6.54 Å². The van der Waals surface area contributed by atoms with Gasteiger partial charge >= 0.3 is 0 Å². The number of hydrogen-bond donors (Lipinski definition) is 1. The fourth-order valence-electron chi connectivity index (χ4n) is 0.873. The van der Waals surface area contributed by atoms with Crippen LogP contribution in [0.25, 0.3) is 0 Å². The Morgan fingerprint density at radius 2 is 2.55 bits per heavy atom. The van der Waals surface area contributed by atoms with Crippen molar-refractivity contribution in [2.45, 2.75) is 13.5 Å². The summed E-state index contributed by atoms with van der Waals surface area (Å²) in [5, 5.41) is 5.40. The predicted molar refractivity (Wildman–Crippen MR) is 51.0 cm³/mol. The third kappa shape index (κ3) is 2.48. The highest BCUT2D eigenvalue weighted by atomic mass is 32.1. The van der Waals surface area contributed by atoms with Gasteiger partial charge in [-0.25, -0.2) is 0 Å². The maximum atomic E-state index is 3.64. The third-order valence-corrected chi connectivity index (χ3v) is 2.57. The monoisotopic (exact) mass is 167 g/mol. The highest BCUT2D eigenvalue weighted by Gasteiger charge is 1.96. The largest absolute Gasteiger partial charge is 0.308 e. The first-order chi connectivity index (χ1) is 5.34. The molecule has 0 aliphatic rings. The molecule has 1 heterocycles. The van der Waals surface area contributed by atoms with E-state index in [9.17, 15) is 0 Å². The van der Waals surface area contributed by atoms with Crippen LogP contribution in [0.3, 0.4) is 0 Å². The molecule has 0 amide bonds. The summed E-state index contributed by atoms with van der Waals surface area (Å²) in [4.78, 5) is 1.42. The zero-order valence-electron chi connectivity index (χ0n) is 6.76. The van der Waals surface area contributed by atoms with Crippen molar-refractivity contribution in [3.05, 3.63) is 34.5 Å². The molecule has 0 aliphatic carbocycles. The van der Waals surface area contributed by atoms with Crippen molar-refractivity contribution in [2.75, 3.05) is 6.54 Å². The van der Waals surface area contributed by atoms with E-state index in [0.717, 1.165) is 13.1 Å². The van der Waals surface area contributed by atoms with Crippen molar-refractivity contribution >= 4 is 11.3 Å². The van der Waals surface area contributed by atoms with E-state index >= 15 is 0 Å². The second kappa shape index (κ2) is 4.31. The molecule has 0 spiro atoms. The predicted octanol–water partition coefficient (Wildman–Crippen LogP) is 2.33. The van der Waals surface area contributed by atoms with E-state index < -0.39 is 0 Å². The van der Waals surface area contributed by atoms with E-state index in [1.54, 1.807) is 11.3 Å². The lowest BCUT2D eigenvalue weighted by Crippen LogP contribution is -2.11. The van der Waals surface area contributed by atoms with Gasteiger partial charge in [-0.2, -0.15) is 0 Å². The summed E-state index contributed by atoms with van der Waals surface area (Å²) in [6, 6.07) is 2.15. The van der Waals surface area contributed by atoms with Gasteiger partial charge in [0.2, 0.25) is 0 Å². The summed E-state index contributed by atoms with van der Waals surface area (Å²) in [5.41, 5.74) is 1.38. The van der Waals surface area contributed by atoms with Crippen LogP contribution >= 0.6 is 11.3 Å². The Bertz CT molecular complexity index is 227. The first-order valence-electron chi connectivity index (χ1n) is 3.69. The summed E-state index contributed by atoms with van der Waals surface area (Å²) in [6.45, 7) is 7.64. The molecule has 2 heteroatoms. The van der Waals surface area contributed by atoms with Crippen LogP contribution in [0.1, 0.15) is 10.4 Å². The lowest BCUT2D eigenvalue weighted by atomic mass is 10.3. The first kappa shape index (κ1) is 8.50. The van der Waals surface area contributed by atoms with Crippen LogP contribution in [-0.2, 0) is 6.54 Å². The minimum absolute atomic E-state index is 0.886. The van der Waals surface area contributed by atoms with Gasteiger partial charge in [-0.05, 0) is 23.9 Å². The molecule has 1 rings (SSSR count). The second-order valence-corrected chi connectivity index (χ2v) is 3.45. The van der Waals surface area contributed by atoms with Crippen molar-refractivity contribution in [1.82, 2.24) is 5.32 Å². The Kier molecular flexibility index (Phi) is 3.33. The quantitative estimate of drug-likeness (QED) is 0.536. The molecule has 1 nitrogen and oxygen atoms in total. The molecule has 0 bridgehead atoms. The number of thiophene rings is 1. The summed E-state index contributed by atoms with van der Waals surface area (Å²) >= 11 is 1.80. The summed E-state index contributed by atoms with van der Waals surface area (Å²) in [6.07, 6.45) is 1.88. The zero-order chi connectivity index (χ0) is 8.10. The maximum absolute atomic E-state index is 3.64. The van der Waals surface area contributed by atoms with Crippen molar-refractivity contribution in [2.24, 2.45) is 0 Å². The average molecular weight is 167 g/mol. The topological polar surface area (TPSA) is 12.0 Å². The Hall–Kier alpha value is -0.600. The summed E-state index contributed by atoms with van der Waals surface area (Å²) < 4.78 is 0. The molecular weight excluding hydrogens is 154 g/mol. The van der Waals surface area contributed by atoms with Gasteiger partial charge in [0.15, 0.2) is 0 Å². The molecule has 0 atom stereocenters. The Morgan fingerprint density at radius 1 is 1.73 bits per heavy atom. The normalized spacial score (nSPS) is 9.91. The van der Waals surface area contributed by atoms with Gasteiger partial charge in [-0.1, -0.05) is 6.08 Å². The number of aryl methyl sites for hydroxylation is 1. The second-order valence-electron chi connectivity index (χ2n) is 2.45. The number of hydrogen-bond acceptors (Lipinski definition) is 2. The molecule has 60 valence electrons. The van der Waals surface area contributed by atoms with Gasteiger partial charge < -0.3 is 5.32 Å². The van der Waals surface area contributed by atoms with E-state index in [1.165, 1.54) is 10.4 Å². The highest BCUT2D eigenvalue weighted by Crippen LogP contribution is 2.14. The van der Waals surface area contributed by atoms with Crippen LogP contribution in [0.4, 0.5) is 0 Å². The molecule has 1 aromatic rings. The van der Waals surface area contributed by atoms with E-state index in [4.69, 9.17) is 0 Å². The smallest absolute Gasteiger partial charge is 0.0305 e. The van der Waals surface area contributed by atoms with E-state index in [1.807, 2.05) is 6.08 Å². The Morgan fingerprint density at radius 3 is 3.09 bits per heavy atom. The molecule has 0 radical (unpaired) electrons. The molecule has 0 aliphatic heterocycles. The van der Waals surface area contributed by atoms with Gasteiger partial charge in [0.1, 0.15) is 0 Å². The summed E-state index contributed by atoms with van der Waals surface area (Å²) in [7, 11) is 0. The lowest BCUT2D eigenvalue weighted by molar-refractivity contribution is 0.767. The van der Waals surface area contributed by atoms with Crippen molar-refractivity contribution in [1.29, 1.82) is 0 Å². The van der Waals surface area contributed by atoms with Crippen LogP contribution in [0.2, 0.25) is 0 Å². The maximum Gasteiger partial charge on any atom is 0.0305 e. The lowest BCUT2D eigenvalue weighted by Gasteiger charge is -1.99. The number of rotatable bonds is 4. The third-order valence-electron chi connectivity index (χ3n) is 1.54. The fourth-order valence-corrected chi connectivity index (χ4v) is 1.75. The molecule has 1 aromatic heterocycles. The SMILES string of the molecule is C=CCNCc1sccc1C. The van der Waals surface area contributed by atoms with E-state index in [-0.39, 0.29) is 0 Å². The van der Waals surface area contributed by atoms with Crippen LogP contribution < -0.4 is 5.32 Å². The van der Waals surface area contributed by atoms with Gasteiger partial charge in [0.05, 0.1) is 0 Å². The standard InChI is InChI=1S/C9H13NS/c1-3-5-10-7-9-8(2)4-6-11-9/h3-4,6,10H,1,5,7H2,2H3. The first-order valence-corrected chi connectivity index (χ1v) is 4.57. The fraction of sp³-hybridized carbons (Fsp3) is 0.333. The Labute approximate surface area is 71.8 Å². The molecule has 0 saturated heterocycles. The van der Waals surface area contributed by atoms with Crippen LogP contribution in [0.5, 0.6) is 0 Å². The zero-order valence-corrected chi connectivity index (χ0v) is 7.58. The minimum Gasteiger partial charge on any atom is -0.308 e. The molecule has 0 saturated carbocycles. The van der Waals surface area contributed by atoms with Gasteiger partial charge in [-0.3, -0.25) is 0 Å². The van der Waals surface area contributed by atoms with Gasteiger partial charge in [0, 0.05) is 18.0 Å². The molecule has 1 N–H and O–H groups in total. The van der Waals surface area contributed by atoms with Crippen molar-refractivity contribution in [3.63, 3.8) is 0 Å². The van der Waals surface area contributed by atoms with Crippen LogP contribution in [0.15, 0.2) is 24.1 Å². The van der Waals surface area contributed by atoms with Crippen molar-refractivity contribution < 1.29 is 0 Å². The molecular formula is C9H13NS. The highest BCUT2D eigenvalue weighted by molar-refractivity contribution is 7.10. The molecule has 0 fully saturated rings.